The molecule has 0 aromatic heterocycles. The minimum Gasteiger partial charge on any atom is -0.496 e. The second-order valence-corrected chi connectivity index (χ2v) is 2.92. The fourth-order valence-electron chi connectivity index (χ4n) is 1.18. The molecule has 0 fully saturated rings. The van der Waals surface area contributed by atoms with E-state index < -0.39 is 11.6 Å². The van der Waals surface area contributed by atoms with Crippen molar-refractivity contribution in [1.29, 1.82) is 0 Å². The van der Waals surface area contributed by atoms with Gasteiger partial charge in [-0.3, -0.25) is 4.79 Å². The van der Waals surface area contributed by atoms with Gasteiger partial charge in [0.1, 0.15) is 11.5 Å². The topological polar surface area (TPSA) is 26.3 Å². The highest BCUT2D eigenvalue weighted by molar-refractivity contribution is 5.79. The van der Waals surface area contributed by atoms with Gasteiger partial charge in [-0.15, -0.1) is 0 Å². The van der Waals surface area contributed by atoms with Crippen molar-refractivity contribution in [1.82, 2.24) is 0 Å². The van der Waals surface area contributed by atoms with Gasteiger partial charge in [-0.05, 0) is 19.1 Å². The number of halogens is 2. The van der Waals surface area contributed by atoms with Gasteiger partial charge in [0.05, 0.1) is 7.11 Å². The average molecular weight is 230 g/mol. The number of carbonyl (C=O) groups excluding carboxylic acids is 1. The minimum absolute atomic E-state index is 0.0278. The van der Waals surface area contributed by atoms with Crippen LogP contribution in [0, 0.1) is 11.6 Å². The molecule has 0 atom stereocenters. The van der Waals surface area contributed by atoms with E-state index in [4.69, 9.17) is 4.74 Å². The molecule has 0 saturated carbocycles. The lowest BCUT2D eigenvalue weighted by molar-refractivity contribution is -0.116. The molecule has 0 heterocycles. The van der Waals surface area contributed by atoms with E-state index in [9.17, 15) is 13.6 Å². The lowest BCUT2D eigenvalue weighted by Gasteiger charge is -2.08. The Balaban J connectivity index is 0.00000106. The molecule has 2 nitrogen and oxygen atoms in total. The van der Waals surface area contributed by atoms with Gasteiger partial charge in [-0.2, -0.15) is 0 Å². The van der Waals surface area contributed by atoms with Crippen LogP contribution >= 0.6 is 0 Å². The van der Waals surface area contributed by atoms with Crippen molar-refractivity contribution in [3.8, 4) is 5.75 Å². The summed E-state index contributed by atoms with van der Waals surface area (Å²) in [4.78, 5) is 10.8. The Morgan fingerprint density at radius 3 is 2.31 bits per heavy atom. The molecule has 0 aliphatic heterocycles. The molecule has 0 spiro atoms. The molecule has 90 valence electrons. The Kier molecular flexibility index (Phi) is 6.30. The number of ether oxygens (including phenoxy) is 1. The summed E-state index contributed by atoms with van der Waals surface area (Å²) < 4.78 is 30.8. The molecule has 16 heavy (non-hydrogen) atoms. The first-order valence-corrected chi connectivity index (χ1v) is 5.06. The van der Waals surface area contributed by atoms with Crippen LogP contribution in [0.3, 0.4) is 0 Å². The zero-order chi connectivity index (χ0) is 12.7. The van der Waals surface area contributed by atoms with Crippen molar-refractivity contribution in [3.63, 3.8) is 0 Å². The fourth-order valence-corrected chi connectivity index (χ4v) is 1.18. The number of hydrogen-bond acceptors (Lipinski definition) is 2. The quantitative estimate of drug-likeness (QED) is 0.797. The van der Waals surface area contributed by atoms with Crippen LogP contribution in [-0.2, 0) is 11.2 Å². The lowest BCUT2D eigenvalue weighted by atomic mass is 10.1. The summed E-state index contributed by atoms with van der Waals surface area (Å²) in [5.41, 5.74) is -0.0278. The van der Waals surface area contributed by atoms with Crippen molar-refractivity contribution in [2.24, 2.45) is 0 Å². The third-order valence-electron chi connectivity index (χ3n) is 1.80. The highest BCUT2D eigenvalue weighted by Gasteiger charge is 2.15. The Bertz CT molecular complexity index is 362. The lowest BCUT2D eigenvalue weighted by Crippen LogP contribution is -2.04. The van der Waals surface area contributed by atoms with E-state index in [1.54, 1.807) is 0 Å². The molecule has 1 rings (SSSR count). The summed E-state index contributed by atoms with van der Waals surface area (Å²) in [6.45, 7) is 5.31. The van der Waals surface area contributed by atoms with Crippen molar-refractivity contribution >= 4 is 5.78 Å². The molecule has 0 aliphatic carbocycles. The number of carbonyl (C=O) groups is 1. The molecule has 1 aromatic carbocycles. The van der Waals surface area contributed by atoms with Gasteiger partial charge in [0.2, 0.25) is 0 Å². The Morgan fingerprint density at radius 2 is 1.88 bits per heavy atom. The predicted octanol–water partition coefficient (Wildman–Crippen LogP) is 3.13. The maximum absolute atomic E-state index is 13.2. The van der Waals surface area contributed by atoms with Crippen LogP contribution < -0.4 is 4.74 Å². The van der Waals surface area contributed by atoms with Crippen molar-refractivity contribution in [2.45, 2.75) is 27.2 Å². The minimum atomic E-state index is -1.01. The number of hydrogen-bond donors (Lipinski definition) is 0. The largest absolute Gasteiger partial charge is 0.496 e. The second kappa shape index (κ2) is 6.93. The van der Waals surface area contributed by atoms with Gasteiger partial charge in [0, 0.05) is 12.0 Å². The molecule has 1 aromatic rings. The Morgan fingerprint density at radius 1 is 1.31 bits per heavy atom. The van der Waals surface area contributed by atoms with Gasteiger partial charge in [0.15, 0.2) is 11.6 Å². The second-order valence-electron chi connectivity index (χ2n) is 2.92. The summed E-state index contributed by atoms with van der Waals surface area (Å²) in [7, 11) is 1.34. The summed E-state index contributed by atoms with van der Waals surface area (Å²) >= 11 is 0. The normalized spacial score (nSPS) is 9.12. The van der Waals surface area contributed by atoms with E-state index in [0.29, 0.717) is 0 Å². The van der Waals surface area contributed by atoms with Crippen LogP contribution in [0.15, 0.2) is 12.1 Å². The summed E-state index contributed by atoms with van der Waals surface area (Å²) in [5.74, 6) is -2.03. The van der Waals surface area contributed by atoms with E-state index >= 15 is 0 Å². The average Bonchev–Trinajstić information content (AvgIpc) is 2.27. The first-order chi connectivity index (χ1) is 7.56. The van der Waals surface area contributed by atoms with Gasteiger partial charge >= 0.3 is 0 Å². The monoisotopic (exact) mass is 230 g/mol. The van der Waals surface area contributed by atoms with Gasteiger partial charge < -0.3 is 4.74 Å². The summed E-state index contributed by atoms with van der Waals surface area (Å²) in [6.07, 6.45) is -0.160. The van der Waals surface area contributed by atoms with Crippen LogP contribution in [0.1, 0.15) is 26.3 Å². The molecule has 4 heteroatoms. The number of Topliss-reactive ketones (excluding diaryl/α,β-unsaturated/α-hetero) is 1. The highest BCUT2D eigenvalue weighted by atomic mass is 19.2. The molecule has 0 radical (unpaired) electrons. The maximum Gasteiger partial charge on any atom is 0.166 e. The van der Waals surface area contributed by atoms with E-state index in [0.717, 1.165) is 6.07 Å². The van der Waals surface area contributed by atoms with Crippen LogP contribution in [0.2, 0.25) is 0 Å². The number of benzene rings is 1. The van der Waals surface area contributed by atoms with E-state index in [2.05, 4.69) is 0 Å². The molecule has 0 N–H and O–H groups in total. The van der Waals surface area contributed by atoms with Crippen molar-refractivity contribution in [3.05, 3.63) is 29.3 Å². The third kappa shape index (κ3) is 3.61. The maximum atomic E-state index is 13.2. The molecule has 0 aliphatic rings. The number of methoxy groups -OCH3 is 1. The van der Waals surface area contributed by atoms with Crippen molar-refractivity contribution < 1.29 is 18.3 Å². The zero-order valence-corrected chi connectivity index (χ0v) is 9.93. The summed E-state index contributed by atoms with van der Waals surface area (Å²) in [5, 5.41) is 0. The van der Waals surface area contributed by atoms with Crippen LogP contribution in [-0.4, -0.2) is 12.9 Å². The molecular formula is C12H16F2O2. The Labute approximate surface area is 94.2 Å². The number of rotatable bonds is 3. The highest BCUT2D eigenvalue weighted by Crippen LogP contribution is 2.24. The Hall–Kier alpha value is -1.45. The number of ketones is 1. The van der Waals surface area contributed by atoms with Crippen LogP contribution in [0.5, 0.6) is 5.75 Å². The zero-order valence-electron chi connectivity index (χ0n) is 9.93. The van der Waals surface area contributed by atoms with E-state index in [1.165, 1.54) is 20.1 Å². The fraction of sp³-hybridized carbons (Fsp3) is 0.417. The van der Waals surface area contributed by atoms with Gasteiger partial charge in [0.25, 0.3) is 0 Å². The molecule has 0 bridgehead atoms. The molecule has 0 unspecified atom stereocenters. The predicted molar refractivity (Wildman–Crippen MR) is 58.6 cm³/mol. The van der Waals surface area contributed by atoms with Gasteiger partial charge in [-0.25, -0.2) is 8.78 Å². The standard InChI is InChI=1S/C10H10F2O2.C2H6/c1-6(13)5-7-9(14-2)4-3-8(11)10(7)12;1-2/h3-4H,5H2,1-2H3;1-2H3. The first-order valence-electron chi connectivity index (χ1n) is 5.06. The van der Waals surface area contributed by atoms with E-state index in [-0.39, 0.29) is 23.5 Å². The van der Waals surface area contributed by atoms with Crippen LogP contribution in [0.25, 0.3) is 0 Å². The van der Waals surface area contributed by atoms with Crippen LogP contribution in [0.4, 0.5) is 8.78 Å². The SMILES string of the molecule is CC.COc1ccc(F)c(F)c1CC(C)=O. The summed E-state index contributed by atoms with van der Waals surface area (Å²) in [6, 6.07) is 2.27. The third-order valence-corrected chi connectivity index (χ3v) is 1.80. The molecular weight excluding hydrogens is 214 g/mol. The molecule has 0 amide bonds. The smallest absolute Gasteiger partial charge is 0.166 e. The first kappa shape index (κ1) is 14.6. The van der Waals surface area contributed by atoms with E-state index in [1.807, 2.05) is 13.8 Å². The van der Waals surface area contributed by atoms with Gasteiger partial charge in [-0.1, -0.05) is 13.8 Å². The van der Waals surface area contributed by atoms with Crippen molar-refractivity contribution in [2.75, 3.05) is 7.11 Å². The molecule has 0 saturated heterocycles.